The van der Waals surface area contributed by atoms with E-state index in [4.69, 9.17) is 0 Å². The first-order valence-electron chi connectivity index (χ1n) is 8.82. The van der Waals surface area contributed by atoms with E-state index in [0.717, 1.165) is 50.1 Å². The average molecular weight is 324 g/mol. The van der Waals surface area contributed by atoms with Gasteiger partial charge >= 0.3 is 0 Å². The number of rotatable bonds is 2. The van der Waals surface area contributed by atoms with Gasteiger partial charge in [-0.1, -0.05) is 18.2 Å². The third kappa shape index (κ3) is 2.73. The number of fused-ring (bicyclic) bond motifs is 1. The highest BCUT2D eigenvalue weighted by atomic mass is 16.2. The second-order valence-corrected chi connectivity index (χ2v) is 6.89. The van der Waals surface area contributed by atoms with E-state index >= 15 is 0 Å². The molecule has 0 unspecified atom stereocenters. The first-order valence-corrected chi connectivity index (χ1v) is 8.82. The normalized spacial score (nSPS) is 23.8. The Labute approximate surface area is 142 Å². The number of para-hydroxylation sites is 1. The summed E-state index contributed by atoms with van der Waals surface area (Å²) < 4.78 is 1.82. The van der Waals surface area contributed by atoms with Crippen LogP contribution in [0, 0.1) is 5.92 Å². The van der Waals surface area contributed by atoms with Gasteiger partial charge in [0.05, 0.1) is 12.1 Å². The third-order valence-corrected chi connectivity index (χ3v) is 5.31. The van der Waals surface area contributed by atoms with E-state index in [1.807, 2.05) is 35.1 Å². The number of benzene rings is 1. The van der Waals surface area contributed by atoms with Crippen molar-refractivity contribution in [2.75, 3.05) is 24.5 Å². The van der Waals surface area contributed by atoms with Crippen molar-refractivity contribution in [2.45, 2.75) is 25.2 Å². The zero-order valence-corrected chi connectivity index (χ0v) is 14.1. The van der Waals surface area contributed by atoms with Crippen LogP contribution in [-0.2, 0) is 18.3 Å². The average Bonchev–Trinajstić information content (AvgIpc) is 3.18. The van der Waals surface area contributed by atoms with E-state index < -0.39 is 0 Å². The van der Waals surface area contributed by atoms with Crippen molar-refractivity contribution >= 4 is 11.6 Å². The first-order chi connectivity index (χ1) is 11.7. The molecule has 1 fully saturated rings. The van der Waals surface area contributed by atoms with Crippen LogP contribution in [0.5, 0.6) is 0 Å². The molecule has 1 aromatic carbocycles. The Balaban J connectivity index is 1.63. The van der Waals surface area contributed by atoms with Gasteiger partial charge in [-0.3, -0.25) is 9.48 Å². The number of hydrogen-bond donors (Lipinski definition) is 1. The zero-order valence-electron chi connectivity index (χ0n) is 14.1. The van der Waals surface area contributed by atoms with E-state index in [1.165, 1.54) is 5.56 Å². The molecule has 0 spiro atoms. The molecule has 2 aliphatic rings. The molecule has 2 aromatic rings. The van der Waals surface area contributed by atoms with Crippen molar-refractivity contribution in [1.82, 2.24) is 15.1 Å². The van der Waals surface area contributed by atoms with Crippen molar-refractivity contribution in [3.8, 4) is 0 Å². The van der Waals surface area contributed by atoms with Crippen molar-refractivity contribution in [1.29, 1.82) is 0 Å². The molecule has 24 heavy (non-hydrogen) atoms. The molecule has 4 rings (SSSR count). The molecule has 0 saturated carbocycles. The van der Waals surface area contributed by atoms with Crippen LogP contribution in [0.2, 0.25) is 0 Å². The van der Waals surface area contributed by atoms with Crippen LogP contribution in [0.15, 0.2) is 36.7 Å². The van der Waals surface area contributed by atoms with E-state index in [2.05, 4.69) is 28.6 Å². The lowest BCUT2D eigenvalue weighted by atomic mass is 9.89. The van der Waals surface area contributed by atoms with Gasteiger partial charge in [0.25, 0.3) is 0 Å². The molecular weight excluding hydrogens is 300 g/mol. The number of aromatic nitrogens is 2. The fourth-order valence-corrected chi connectivity index (χ4v) is 4.04. The Morgan fingerprint density at radius 1 is 1.25 bits per heavy atom. The van der Waals surface area contributed by atoms with Gasteiger partial charge in [-0.05, 0) is 36.5 Å². The van der Waals surface area contributed by atoms with E-state index in [0.29, 0.717) is 0 Å². The Morgan fingerprint density at radius 2 is 2.12 bits per heavy atom. The van der Waals surface area contributed by atoms with Crippen LogP contribution < -0.4 is 10.2 Å². The molecule has 5 heteroatoms. The fourth-order valence-electron chi connectivity index (χ4n) is 4.04. The number of hydrogen-bond acceptors (Lipinski definition) is 3. The Morgan fingerprint density at radius 3 is 2.96 bits per heavy atom. The summed E-state index contributed by atoms with van der Waals surface area (Å²) in [6, 6.07) is 8.37. The smallest absolute Gasteiger partial charge is 0.232 e. The number of amides is 1. The predicted molar refractivity (Wildman–Crippen MR) is 94.0 cm³/mol. The van der Waals surface area contributed by atoms with Crippen LogP contribution in [-0.4, -0.2) is 35.3 Å². The van der Waals surface area contributed by atoms with Crippen LogP contribution >= 0.6 is 0 Å². The van der Waals surface area contributed by atoms with E-state index in [9.17, 15) is 4.79 Å². The van der Waals surface area contributed by atoms with Crippen LogP contribution in [0.1, 0.15) is 29.9 Å². The molecule has 5 nitrogen and oxygen atoms in total. The largest absolute Gasteiger partial charge is 0.315 e. The molecule has 1 amide bonds. The molecule has 1 saturated heterocycles. The van der Waals surface area contributed by atoms with Gasteiger partial charge in [0.15, 0.2) is 0 Å². The Hall–Kier alpha value is -2.14. The Bertz CT molecular complexity index is 738. The van der Waals surface area contributed by atoms with E-state index in [-0.39, 0.29) is 17.7 Å². The van der Waals surface area contributed by atoms with Crippen LogP contribution in [0.3, 0.4) is 0 Å². The lowest BCUT2D eigenvalue weighted by Crippen LogP contribution is -2.39. The van der Waals surface area contributed by atoms with Crippen molar-refractivity contribution in [3.63, 3.8) is 0 Å². The topological polar surface area (TPSA) is 50.2 Å². The van der Waals surface area contributed by atoms with Gasteiger partial charge in [0.2, 0.25) is 5.91 Å². The number of anilines is 1. The highest BCUT2D eigenvalue weighted by Crippen LogP contribution is 2.33. The fraction of sp³-hybridized carbons (Fsp3) is 0.474. The van der Waals surface area contributed by atoms with Gasteiger partial charge in [0, 0.05) is 44.5 Å². The van der Waals surface area contributed by atoms with Gasteiger partial charge in [-0.2, -0.15) is 5.10 Å². The second-order valence-electron chi connectivity index (χ2n) is 6.89. The predicted octanol–water partition coefficient (Wildman–Crippen LogP) is 2.09. The summed E-state index contributed by atoms with van der Waals surface area (Å²) in [7, 11) is 1.92. The second kappa shape index (κ2) is 6.40. The summed E-state index contributed by atoms with van der Waals surface area (Å²) in [4.78, 5) is 15.4. The maximum absolute atomic E-state index is 13.4. The quantitative estimate of drug-likeness (QED) is 0.920. The standard InChI is InChI=1S/C19H24N4O/c1-22-13-15(10-21-22)16-11-20-12-17(16)19(24)23-9-5-4-7-14-6-2-3-8-18(14)23/h2-3,6,8,10,13,16-17,20H,4-5,7,9,11-12H2,1H3/t16-,17+/m1/s1. The highest BCUT2D eigenvalue weighted by Gasteiger charge is 2.38. The molecular formula is C19H24N4O. The zero-order chi connectivity index (χ0) is 16.5. The molecule has 0 aliphatic carbocycles. The summed E-state index contributed by atoms with van der Waals surface area (Å²) in [5.41, 5.74) is 3.56. The number of carbonyl (C=O) groups is 1. The maximum atomic E-state index is 13.4. The molecule has 0 bridgehead atoms. The first kappa shape index (κ1) is 15.4. The maximum Gasteiger partial charge on any atom is 0.232 e. The minimum atomic E-state index is -0.0136. The van der Waals surface area contributed by atoms with Gasteiger partial charge < -0.3 is 10.2 Å². The summed E-state index contributed by atoms with van der Waals surface area (Å²) in [6.45, 7) is 2.42. The molecule has 2 aliphatic heterocycles. The monoisotopic (exact) mass is 324 g/mol. The van der Waals surface area contributed by atoms with Crippen molar-refractivity contribution < 1.29 is 4.79 Å². The summed E-state index contributed by atoms with van der Waals surface area (Å²) in [5.74, 6) is 0.449. The minimum absolute atomic E-state index is 0.0136. The van der Waals surface area contributed by atoms with Crippen molar-refractivity contribution in [2.24, 2.45) is 13.0 Å². The van der Waals surface area contributed by atoms with Gasteiger partial charge in [-0.15, -0.1) is 0 Å². The lowest BCUT2D eigenvalue weighted by molar-refractivity contribution is -0.122. The number of nitrogens with zero attached hydrogens (tertiary/aromatic N) is 3. The number of carbonyl (C=O) groups excluding carboxylic acids is 1. The summed E-state index contributed by atoms with van der Waals surface area (Å²) in [6.07, 6.45) is 7.21. The van der Waals surface area contributed by atoms with Crippen LogP contribution in [0.25, 0.3) is 0 Å². The SMILES string of the molecule is Cn1cc([C@H]2CNC[C@@H]2C(=O)N2CCCCc3ccccc32)cn1. The Kier molecular flexibility index (Phi) is 4.10. The number of nitrogens with one attached hydrogen (secondary N) is 1. The van der Waals surface area contributed by atoms with Crippen molar-refractivity contribution in [3.05, 3.63) is 47.8 Å². The van der Waals surface area contributed by atoms with Crippen LogP contribution in [0.4, 0.5) is 5.69 Å². The lowest BCUT2D eigenvalue weighted by Gasteiger charge is -2.28. The molecule has 1 N–H and O–H groups in total. The minimum Gasteiger partial charge on any atom is -0.315 e. The number of aryl methyl sites for hydroxylation is 2. The third-order valence-electron chi connectivity index (χ3n) is 5.31. The molecule has 3 heterocycles. The van der Waals surface area contributed by atoms with E-state index in [1.54, 1.807) is 0 Å². The summed E-state index contributed by atoms with van der Waals surface area (Å²) >= 11 is 0. The molecule has 1 aromatic heterocycles. The summed E-state index contributed by atoms with van der Waals surface area (Å²) in [5, 5.41) is 7.69. The molecule has 2 atom stereocenters. The molecule has 126 valence electrons. The molecule has 0 radical (unpaired) electrons. The highest BCUT2D eigenvalue weighted by molar-refractivity contribution is 5.96. The van der Waals surface area contributed by atoms with Gasteiger partial charge in [-0.25, -0.2) is 0 Å². The van der Waals surface area contributed by atoms with Gasteiger partial charge in [0.1, 0.15) is 0 Å².